The molecular weight excluding hydrogens is 252 g/mol. The Morgan fingerprint density at radius 1 is 1.20 bits per heavy atom. The van der Waals surface area contributed by atoms with Gasteiger partial charge in [-0.25, -0.2) is 4.98 Å². The third-order valence-electron chi connectivity index (χ3n) is 3.01. The molecule has 0 amide bonds. The molecule has 0 saturated heterocycles. The zero-order chi connectivity index (χ0) is 14.4. The maximum Gasteiger partial charge on any atom is 0.213 e. The third kappa shape index (κ3) is 3.71. The molecule has 20 heavy (non-hydrogen) atoms. The fraction of sp³-hybridized carbons (Fsp3) is 0.312. The second-order valence-electron chi connectivity index (χ2n) is 4.58. The molecule has 1 N–H and O–H groups in total. The zero-order valence-electron chi connectivity index (χ0n) is 11.9. The molecule has 106 valence electrons. The Morgan fingerprint density at radius 3 is 2.75 bits per heavy atom. The SMILES string of the molecule is CCOc1cccc(CN(C)c2cccc(CO)c2)n1. The van der Waals surface area contributed by atoms with Crippen LogP contribution < -0.4 is 9.64 Å². The summed E-state index contributed by atoms with van der Waals surface area (Å²) in [6.45, 7) is 3.31. The van der Waals surface area contributed by atoms with Crippen molar-refractivity contribution < 1.29 is 9.84 Å². The molecule has 4 nitrogen and oxygen atoms in total. The van der Waals surface area contributed by atoms with Gasteiger partial charge >= 0.3 is 0 Å². The molecule has 0 saturated carbocycles. The van der Waals surface area contributed by atoms with Gasteiger partial charge < -0.3 is 14.7 Å². The van der Waals surface area contributed by atoms with Gasteiger partial charge in [0.25, 0.3) is 0 Å². The summed E-state index contributed by atoms with van der Waals surface area (Å²) in [4.78, 5) is 6.55. The van der Waals surface area contributed by atoms with Crippen molar-refractivity contribution in [2.24, 2.45) is 0 Å². The smallest absolute Gasteiger partial charge is 0.213 e. The summed E-state index contributed by atoms with van der Waals surface area (Å²) in [5, 5.41) is 9.18. The number of hydrogen-bond acceptors (Lipinski definition) is 4. The van der Waals surface area contributed by atoms with Crippen LogP contribution in [0.5, 0.6) is 5.88 Å². The first-order chi connectivity index (χ1) is 9.72. The summed E-state index contributed by atoms with van der Waals surface area (Å²) in [5.74, 6) is 0.655. The Balaban J connectivity index is 2.10. The van der Waals surface area contributed by atoms with Gasteiger partial charge in [-0.2, -0.15) is 0 Å². The molecule has 0 atom stereocenters. The highest BCUT2D eigenvalue weighted by Gasteiger charge is 2.05. The average Bonchev–Trinajstić information content (AvgIpc) is 2.48. The van der Waals surface area contributed by atoms with Gasteiger partial charge in [0, 0.05) is 18.8 Å². The van der Waals surface area contributed by atoms with Gasteiger partial charge in [0.1, 0.15) is 0 Å². The molecule has 0 bridgehead atoms. The fourth-order valence-electron chi connectivity index (χ4n) is 2.00. The number of rotatable bonds is 6. The minimum Gasteiger partial charge on any atom is -0.478 e. The average molecular weight is 272 g/mol. The van der Waals surface area contributed by atoms with E-state index in [9.17, 15) is 5.11 Å². The number of benzene rings is 1. The van der Waals surface area contributed by atoms with Crippen LogP contribution in [0.4, 0.5) is 5.69 Å². The van der Waals surface area contributed by atoms with E-state index in [2.05, 4.69) is 9.88 Å². The van der Waals surface area contributed by atoms with Crippen molar-refractivity contribution in [2.45, 2.75) is 20.1 Å². The predicted molar refractivity (Wildman–Crippen MR) is 79.9 cm³/mol. The monoisotopic (exact) mass is 272 g/mol. The van der Waals surface area contributed by atoms with E-state index < -0.39 is 0 Å². The second-order valence-corrected chi connectivity index (χ2v) is 4.58. The van der Waals surface area contributed by atoms with Crippen molar-refractivity contribution in [3.63, 3.8) is 0 Å². The summed E-state index contributed by atoms with van der Waals surface area (Å²) in [5.41, 5.74) is 2.92. The van der Waals surface area contributed by atoms with Crippen molar-refractivity contribution >= 4 is 5.69 Å². The molecule has 0 radical (unpaired) electrons. The van der Waals surface area contributed by atoms with Gasteiger partial charge in [0.15, 0.2) is 0 Å². The predicted octanol–water partition coefficient (Wildman–Crippen LogP) is 2.61. The highest BCUT2D eigenvalue weighted by molar-refractivity contribution is 5.48. The minimum absolute atomic E-state index is 0.0553. The molecule has 1 aromatic heterocycles. The van der Waals surface area contributed by atoms with Crippen molar-refractivity contribution in [3.05, 3.63) is 53.7 Å². The van der Waals surface area contributed by atoms with Crippen LogP contribution in [-0.2, 0) is 13.2 Å². The molecule has 0 fully saturated rings. The Morgan fingerprint density at radius 2 is 2.00 bits per heavy atom. The van der Waals surface area contributed by atoms with Gasteiger partial charge in [0.05, 0.1) is 25.5 Å². The van der Waals surface area contributed by atoms with Gasteiger partial charge in [-0.3, -0.25) is 0 Å². The van der Waals surface area contributed by atoms with Crippen molar-refractivity contribution in [2.75, 3.05) is 18.6 Å². The van der Waals surface area contributed by atoms with E-state index in [0.29, 0.717) is 19.0 Å². The van der Waals surface area contributed by atoms with E-state index in [1.54, 1.807) is 0 Å². The molecule has 0 unspecified atom stereocenters. The van der Waals surface area contributed by atoms with Gasteiger partial charge in [0.2, 0.25) is 5.88 Å². The van der Waals surface area contributed by atoms with Crippen molar-refractivity contribution in [1.82, 2.24) is 4.98 Å². The normalized spacial score (nSPS) is 10.3. The number of aliphatic hydroxyl groups is 1. The summed E-state index contributed by atoms with van der Waals surface area (Å²) >= 11 is 0. The van der Waals surface area contributed by atoms with E-state index in [-0.39, 0.29) is 6.61 Å². The quantitative estimate of drug-likeness (QED) is 0.878. The summed E-state index contributed by atoms with van der Waals surface area (Å²) in [6, 6.07) is 13.6. The van der Waals surface area contributed by atoms with E-state index in [0.717, 1.165) is 16.9 Å². The highest BCUT2D eigenvalue weighted by Crippen LogP contribution is 2.17. The standard InChI is InChI=1S/C16H20N2O2/c1-3-20-16-9-5-7-14(17-16)11-18(2)15-8-4-6-13(10-15)12-19/h4-10,19H,3,11-12H2,1-2H3. The van der Waals surface area contributed by atoms with Crippen LogP contribution in [0.15, 0.2) is 42.5 Å². The number of hydrogen-bond donors (Lipinski definition) is 1. The largest absolute Gasteiger partial charge is 0.478 e. The third-order valence-corrected chi connectivity index (χ3v) is 3.01. The Hall–Kier alpha value is -2.07. The molecule has 0 aliphatic heterocycles. The second kappa shape index (κ2) is 6.91. The molecule has 2 rings (SSSR count). The molecule has 1 aromatic carbocycles. The van der Waals surface area contributed by atoms with E-state index in [1.807, 2.05) is 56.4 Å². The summed E-state index contributed by atoms with van der Waals surface area (Å²) in [7, 11) is 2.01. The Bertz CT molecular complexity index is 558. The topological polar surface area (TPSA) is 45.6 Å². The lowest BCUT2D eigenvalue weighted by Gasteiger charge is -2.19. The maximum absolute atomic E-state index is 9.18. The number of aromatic nitrogens is 1. The first-order valence-electron chi connectivity index (χ1n) is 6.72. The number of ether oxygens (including phenoxy) is 1. The lowest BCUT2D eigenvalue weighted by atomic mass is 10.2. The molecular formula is C16H20N2O2. The Kier molecular flexibility index (Phi) is 4.96. The lowest BCUT2D eigenvalue weighted by molar-refractivity contribution is 0.282. The number of pyridine rings is 1. The molecule has 0 spiro atoms. The summed E-state index contributed by atoms with van der Waals surface area (Å²) < 4.78 is 5.41. The molecule has 1 heterocycles. The Labute approximate surface area is 119 Å². The van der Waals surface area contributed by atoms with Crippen LogP contribution >= 0.6 is 0 Å². The van der Waals surface area contributed by atoms with E-state index in [1.165, 1.54) is 0 Å². The van der Waals surface area contributed by atoms with Crippen LogP contribution in [0.25, 0.3) is 0 Å². The first kappa shape index (κ1) is 14.3. The van der Waals surface area contributed by atoms with Crippen LogP contribution in [-0.4, -0.2) is 23.7 Å². The number of anilines is 1. The van der Waals surface area contributed by atoms with Crippen LogP contribution in [0.1, 0.15) is 18.2 Å². The molecule has 2 aromatic rings. The highest BCUT2D eigenvalue weighted by atomic mass is 16.5. The minimum atomic E-state index is 0.0553. The lowest BCUT2D eigenvalue weighted by Crippen LogP contribution is -2.17. The zero-order valence-corrected chi connectivity index (χ0v) is 11.9. The van der Waals surface area contributed by atoms with Crippen molar-refractivity contribution in [3.8, 4) is 5.88 Å². The van der Waals surface area contributed by atoms with E-state index in [4.69, 9.17) is 4.74 Å². The van der Waals surface area contributed by atoms with Crippen LogP contribution in [0.2, 0.25) is 0 Å². The van der Waals surface area contributed by atoms with Gasteiger partial charge in [-0.15, -0.1) is 0 Å². The number of aliphatic hydroxyl groups excluding tert-OH is 1. The summed E-state index contributed by atoms with van der Waals surface area (Å²) in [6.07, 6.45) is 0. The molecule has 0 aliphatic rings. The van der Waals surface area contributed by atoms with Gasteiger partial charge in [-0.05, 0) is 30.7 Å². The van der Waals surface area contributed by atoms with E-state index >= 15 is 0 Å². The first-order valence-corrected chi connectivity index (χ1v) is 6.72. The molecule has 4 heteroatoms. The van der Waals surface area contributed by atoms with Crippen molar-refractivity contribution in [1.29, 1.82) is 0 Å². The van der Waals surface area contributed by atoms with Gasteiger partial charge in [-0.1, -0.05) is 18.2 Å². The van der Waals surface area contributed by atoms with Crippen LogP contribution in [0, 0.1) is 0 Å². The molecule has 0 aliphatic carbocycles. The fourth-order valence-corrected chi connectivity index (χ4v) is 2.00. The number of nitrogens with zero attached hydrogens (tertiary/aromatic N) is 2. The maximum atomic E-state index is 9.18. The van der Waals surface area contributed by atoms with Crippen LogP contribution in [0.3, 0.4) is 0 Å².